The van der Waals surface area contributed by atoms with Crippen LogP contribution in [0, 0.1) is 0 Å². The second kappa shape index (κ2) is 4.77. The molecule has 0 spiro atoms. The van der Waals surface area contributed by atoms with Crippen LogP contribution in [-0.2, 0) is 4.74 Å². The van der Waals surface area contributed by atoms with E-state index in [1.165, 1.54) is 18.4 Å². The smallest absolute Gasteiger partial charge is 0.374 e. The number of furan rings is 1. The summed E-state index contributed by atoms with van der Waals surface area (Å²) in [5.41, 5.74) is 0. The van der Waals surface area contributed by atoms with Gasteiger partial charge >= 0.3 is 17.8 Å². The molecule has 0 aliphatic rings. The van der Waals surface area contributed by atoms with E-state index in [9.17, 15) is 22.4 Å². The molecule has 0 bridgehead atoms. The average Bonchev–Trinajstić information content (AvgIpc) is 2.67. The predicted molar refractivity (Wildman–Crippen MR) is 49.2 cm³/mol. The molecule has 0 atom stereocenters. The maximum atomic E-state index is 12.8. The Labute approximate surface area is 94.4 Å². The lowest BCUT2D eigenvalue weighted by Crippen LogP contribution is -2.38. The molecular weight excluding hydrogens is 244 g/mol. The van der Waals surface area contributed by atoms with Crippen molar-refractivity contribution in [2.75, 3.05) is 6.61 Å². The molecule has 0 aromatic carbocycles. The van der Waals surface area contributed by atoms with E-state index in [0.29, 0.717) is 0 Å². The van der Waals surface area contributed by atoms with Gasteiger partial charge in [-0.05, 0) is 12.1 Å². The van der Waals surface area contributed by atoms with E-state index in [1.54, 1.807) is 0 Å². The van der Waals surface area contributed by atoms with Gasteiger partial charge < -0.3 is 9.15 Å². The molecule has 1 aromatic rings. The first-order valence-electron chi connectivity index (χ1n) is 4.70. The van der Waals surface area contributed by atoms with Crippen molar-refractivity contribution in [3.8, 4) is 0 Å². The van der Waals surface area contributed by atoms with Crippen LogP contribution in [0.2, 0.25) is 0 Å². The summed E-state index contributed by atoms with van der Waals surface area (Å²) in [6, 6.07) is 2.68. The average molecular weight is 254 g/mol. The number of ether oxygens (including phenoxy) is 1. The molecule has 0 unspecified atom stereocenters. The zero-order valence-corrected chi connectivity index (χ0v) is 8.88. The molecule has 0 aliphatic heterocycles. The molecule has 17 heavy (non-hydrogen) atoms. The number of hydrogen-bond acceptors (Lipinski definition) is 3. The van der Waals surface area contributed by atoms with Crippen molar-refractivity contribution in [3.63, 3.8) is 0 Å². The SMILES string of the molecule is CC(F)(F)C(F)(F)CCOC(=O)c1ccco1. The van der Waals surface area contributed by atoms with Gasteiger partial charge in [0.25, 0.3) is 0 Å². The molecule has 1 heterocycles. The number of halogens is 4. The lowest BCUT2D eigenvalue weighted by Gasteiger charge is -2.22. The maximum Gasteiger partial charge on any atom is 0.374 e. The monoisotopic (exact) mass is 254 g/mol. The molecule has 0 fully saturated rings. The fourth-order valence-electron chi connectivity index (χ4n) is 0.957. The Bertz CT molecular complexity index is 367. The summed E-state index contributed by atoms with van der Waals surface area (Å²) < 4.78 is 59.3. The minimum absolute atomic E-state index is 0.112. The summed E-state index contributed by atoms with van der Waals surface area (Å²) in [6.07, 6.45) is -0.0473. The van der Waals surface area contributed by atoms with E-state index in [0.717, 1.165) is 0 Å². The van der Waals surface area contributed by atoms with Gasteiger partial charge in [-0.25, -0.2) is 13.6 Å². The highest BCUT2D eigenvalue weighted by Gasteiger charge is 2.51. The highest BCUT2D eigenvalue weighted by atomic mass is 19.3. The van der Waals surface area contributed by atoms with Crippen LogP contribution < -0.4 is 0 Å². The molecule has 0 saturated heterocycles. The van der Waals surface area contributed by atoms with Crippen LogP contribution in [0.1, 0.15) is 23.9 Å². The first kappa shape index (κ1) is 13.5. The van der Waals surface area contributed by atoms with Gasteiger partial charge in [-0.2, -0.15) is 8.78 Å². The van der Waals surface area contributed by atoms with Crippen LogP contribution in [0.3, 0.4) is 0 Å². The molecule has 0 amide bonds. The fraction of sp³-hybridized carbons (Fsp3) is 0.500. The van der Waals surface area contributed by atoms with E-state index in [2.05, 4.69) is 9.15 Å². The van der Waals surface area contributed by atoms with Crippen molar-refractivity contribution in [1.82, 2.24) is 0 Å². The Hall–Kier alpha value is -1.53. The van der Waals surface area contributed by atoms with E-state index >= 15 is 0 Å². The Kier molecular flexibility index (Phi) is 3.79. The summed E-state index contributed by atoms with van der Waals surface area (Å²) in [6.45, 7) is -0.697. The lowest BCUT2D eigenvalue weighted by molar-refractivity contribution is -0.204. The third-order valence-electron chi connectivity index (χ3n) is 2.01. The van der Waals surface area contributed by atoms with E-state index in [-0.39, 0.29) is 12.7 Å². The number of carbonyl (C=O) groups is 1. The summed E-state index contributed by atoms with van der Waals surface area (Å²) in [7, 11) is 0. The lowest BCUT2D eigenvalue weighted by atomic mass is 10.1. The number of esters is 1. The van der Waals surface area contributed by atoms with Gasteiger partial charge in [0, 0.05) is 6.92 Å². The Morgan fingerprint density at radius 2 is 2.06 bits per heavy atom. The van der Waals surface area contributed by atoms with E-state index in [1.807, 2.05) is 0 Å². The predicted octanol–water partition coefficient (Wildman–Crippen LogP) is 3.12. The first-order chi connectivity index (χ1) is 7.74. The summed E-state index contributed by atoms with van der Waals surface area (Å²) in [4.78, 5) is 11.1. The van der Waals surface area contributed by atoms with Crippen molar-refractivity contribution in [3.05, 3.63) is 24.2 Å². The van der Waals surface area contributed by atoms with E-state index in [4.69, 9.17) is 0 Å². The molecule has 7 heteroatoms. The van der Waals surface area contributed by atoms with Crippen LogP contribution in [0.5, 0.6) is 0 Å². The maximum absolute atomic E-state index is 12.8. The standard InChI is InChI=1S/C10H10F4O3/c1-9(11,12)10(13,14)4-6-17-8(15)7-3-2-5-16-7/h2-3,5H,4,6H2,1H3. The Balaban J connectivity index is 2.41. The van der Waals surface area contributed by atoms with Crippen molar-refractivity contribution in [1.29, 1.82) is 0 Å². The van der Waals surface area contributed by atoms with Gasteiger partial charge in [0.1, 0.15) is 0 Å². The van der Waals surface area contributed by atoms with Gasteiger partial charge in [-0.3, -0.25) is 0 Å². The topological polar surface area (TPSA) is 39.4 Å². The molecule has 0 radical (unpaired) electrons. The number of hydrogen-bond donors (Lipinski definition) is 0. The first-order valence-corrected chi connectivity index (χ1v) is 4.70. The zero-order valence-electron chi connectivity index (χ0n) is 8.88. The minimum atomic E-state index is -4.21. The van der Waals surface area contributed by atoms with Crippen LogP contribution in [0.25, 0.3) is 0 Å². The quantitative estimate of drug-likeness (QED) is 0.598. The highest BCUT2D eigenvalue weighted by molar-refractivity contribution is 5.86. The molecule has 3 nitrogen and oxygen atoms in total. The van der Waals surface area contributed by atoms with Crippen molar-refractivity contribution >= 4 is 5.97 Å². The number of alkyl halides is 4. The minimum Gasteiger partial charge on any atom is -0.460 e. The molecule has 0 saturated carbocycles. The molecular formula is C10H10F4O3. The molecule has 0 aliphatic carbocycles. The molecule has 1 aromatic heterocycles. The number of carbonyl (C=O) groups excluding carboxylic acids is 1. The Morgan fingerprint density at radius 3 is 2.53 bits per heavy atom. The van der Waals surface area contributed by atoms with Gasteiger partial charge in [-0.15, -0.1) is 0 Å². The third-order valence-corrected chi connectivity index (χ3v) is 2.01. The second-order valence-electron chi connectivity index (χ2n) is 3.46. The van der Waals surface area contributed by atoms with Crippen LogP contribution >= 0.6 is 0 Å². The van der Waals surface area contributed by atoms with Gasteiger partial charge in [0.15, 0.2) is 0 Å². The fourth-order valence-corrected chi connectivity index (χ4v) is 0.957. The van der Waals surface area contributed by atoms with Crippen LogP contribution in [0.4, 0.5) is 17.6 Å². The van der Waals surface area contributed by atoms with Gasteiger partial charge in [0.05, 0.1) is 19.3 Å². The van der Waals surface area contributed by atoms with E-state index < -0.39 is 30.8 Å². The highest BCUT2D eigenvalue weighted by Crippen LogP contribution is 2.36. The molecule has 1 rings (SSSR count). The van der Waals surface area contributed by atoms with Gasteiger partial charge in [0.2, 0.25) is 5.76 Å². The Morgan fingerprint density at radius 1 is 1.41 bits per heavy atom. The normalized spacial score (nSPS) is 12.5. The molecule has 96 valence electrons. The summed E-state index contributed by atoms with van der Waals surface area (Å²) in [5.74, 6) is -9.50. The summed E-state index contributed by atoms with van der Waals surface area (Å²) in [5, 5.41) is 0. The number of rotatable bonds is 5. The largest absolute Gasteiger partial charge is 0.460 e. The van der Waals surface area contributed by atoms with Crippen molar-refractivity contribution < 1.29 is 31.5 Å². The third kappa shape index (κ3) is 3.47. The van der Waals surface area contributed by atoms with Crippen molar-refractivity contribution in [2.45, 2.75) is 25.2 Å². The van der Waals surface area contributed by atoms with Crippen LogP contribution in [0.15, 0.2) is 22.8 Å². The van der Waals surface area contributed by atoms with Gasteiger partial charge in [-0.1, -0.05) is 0 Å². The second-order valence-corrected chi connectivity index (χ2v) is 3.46. The van der Waals surface area contributed by atoms with Crippen LogP contribution in [-0.4, -0.2) is 24.4 Å². The summed E-state index contributed by atoms with van der Waals surface area (Å²) >= 11 is 0. The zero-order chi connectivity index (χ0) is 13.1. The molecule has 0 N–H and O–H groups in total. The van der Waals surface area contributed by atoms with Crippen molar-refractivity contribution in [2.24, 2.45) is 0 Å².